The van der Waals surface area contributed by atoms with Gasteiger partial charge in [-0.05, 0) is 50.6 Å². The Kier molecular flexibility index (Phi) is 8.71. The Morgan fingerprint density at radius 2 is 1.47 bits per heavy atom. The zero-order valence-corrected chi connectivity index (χ0v) is 24.1. The monoisotopic (exact) mass is 636 g/mol. The van der Waals surface area contributed by atoms with E-state index in [1.165, 1.54) is 18.2 Å². The van der Waals surface area contributed by atoms with Gasteiger partial charge in [-0.25, -0.2) is 17.8 Å². The van der Waals surface area contributed by atoms with Crippen molar-refractivity contribution in [1.82, 2.24) is 4.57 Å². The van der Waals surface area contributed by atoms with E-state index >= 15 is 0 Å². The second-order valence-electron chi connectivity index (χ2n) is 10.5. The minimum atomic E-state index is -5.96. The average Bonchev–Trinajstić information content (AvgIpc) is 3.24. The van der Waals surface area contributed by atoms with Gasteiger partial charge in [0.2, 0.25) is 0 Å². The lowest BCUT2D eigenvalue weighted by atomic mass is 9.76. The van der Waals surface area contributed by atoms with Crippen LogP contribution in [0, 0.1) is 0 Å². The molecule has 2 aromatic carbocycles. The third kappa shape index (κ3) is 6.78. The van der Waals surface area contributed by atoms with Crippen LogP contribution in [0.3, 0.4) is 0 Å². The summed E-state index contributed by atoms with van der Waals surface area (Å²) in [6.07, 6.45) is -12.9. The van der Waals surface area contributed by atoms with Crippen molar-refractivity contribution >= 4 is 44.3 Å². The molecule has 43 heavy (non-hydrogen) atoms. The lowest BCUT2D eigenvalue weighted by Gasteiger charge is -2.37. The summed E-state index contributed by atoms with van der Waals surface area (Å²) in [5.41, 5.74) is -7.55. The molecule has 0 unspecified atom stereocenters. The number of ether oxygens (including phenoxy) is 2. The molecule has 0 aliphatic rings. The first-order valence-electron chi connectivity index (χ1n) is 12.2. The molecule has 0 spiro atoms. The van der Waals surface area contributed by atoms with Gasteiger partial charge in [-0.15, -0.1) is 0 Å². The number of benzene rings is 2. The summed E-state index contributed by atoms with van der Waals surface area (Å²) in [5.74, 6) is -2.77. The van der Waals surface area contributed by atoms with Gasteiger partial charge in [-0.2, -0.15) is 26.3 Å². The fourth-order valence-corrected chi connectivity index (χ4v) is 4.88. The topological polar surface area (TPSA) is 121 Å². The molecule has 0 atom stereocenters. The molecule has 1 N–H and O–H groups in total. The van der Waals surface area contributed by atoms with Gasteiger partial charge >= 0.3 is 24.4 Å². The highest BCUT2D eigenvalue weighted by Gasteiger charge is 2.72. The molecule has 3 rings (SSSR count). The van der Waals surface area contributed by atoms with Crippen molar-refractivity contribution in [2.45, 2.75) is 55.5 Å². The quantitative estimate of drug-likeness (QED) is 0.260. The first kappa shape index (κ1) is 33.4. The van der Waals surface area contributed by atoms with Gasteiger partial charge in [0.1, 0.15) is 11.3 Å². The number of carbonyl (C=O) groups excluding carboxylic acids is 3. The van der Waals surface area contributed by atoms with E-state index in [1.807, 2.05) is 0 Å². The van der Waals surface area contributed by atoms with Gasteiger partial charge in [0.05, 0.1) is 18.4 Å². The van der Waals surface area contributed by atoms with Crippen molar-refractivity contribution in [3.05, 3.63) is 59.9 Å². The van der Waals surface area contributed by atoms with E-state index in [4.69, 9.17) is 4.74 Å². The minimum absolute atomic E-state index is 0.0959. The van der Waals surface area contributed by atoms with Crippen molar-refractivity contribution in [3.8, 4) is 0 Å². The van der Waals surface area contributed by atoms with Gasteiger partial charge in [-0.1, -0.05) is 18.2 Å². The first-order chi connectivity index (χ1) is 19.5. The van der Waals surface area contributed by atoms with E-state index in [1.54, 1.807) is 20.8 Å². The van der Waals surface area contributed by atoms with Gasteiger partial charge in [-0.3, -0.25) is 9.59 Å². The number of alkyl halides is 6. The number of rotatable bonds is 6. The Balaban J connectivity index is 2.09. The van der Waals surface area contributed by atoms with Crippen molar-refractivity contribution < 1.29 is 58.6 Å². The maximum atomic E-state index is 14.0. The average molecular weight is 637 g/mol. The first-order valence-corrected chi connectivity index (χ1v) is 14.1. The molecule has 16 heteroatoms. The molecule has 0 bridgehead atoms. The summed E-state index contributed by atoms with van der Waals surface area (Å²) in [5, 5.41) is 2.55. The third-order valence-corrected chi connectivity index (χ3v) is 7.37. The smallest absolute Gasteiger partial charge is 0.419 e. The molecular weight excluding hydrogens is 610 g/mol. The highest BCUT2D eigenvalue weighted by atomic mass is 32.2. The highest BCUT2D eigenvalue weighted by molar-refractivity contribution is 7.90. The number of esters is 1. The number of anilines is 1. The predicted octanol–water partition coefficient (Wildman–Crippen LogP) is 6.01. The molecule has 0 radical (unpaired) electrons. The molecule has 3 aromatic rings. The fraction of sp³-hybridized carbons (Fsp3) is 0.370. The molecule has 0 aliphatic heterocycles. The van der Waals surface area contributed by atoms with Crippen LogP contribution in [0.15, 0.2) is 53.6 Å². The van der Waals surface area contributed by atoms with Crippen molar-refractivity contribution in [3.63, 3.8) is 0 Å². The number of amides is 1. The second kappa shape index (κ2) is 11.2. The highest BCUT2D eigenvalue weighted by Crippen LogP contribution is 2.54. The number of hydrogen-bond donors (Lipinski definition) is 1. The summed E-state index contributed by atoms with van der Waals surface area (Å²) in [6, 6.07) is 6.12. The number of methoxy groups -OCH3 is 1. The van der Waals surface area contributed by atoms with Crippen LogP contribution in [-0.2, 0) is 29.5 Å². The van der Waals surface area contributed by atoms with Gasteiger partial charge in [0.15, 0.2) is 15.3 Å². The lowest BCUT2D eigenvalue weighted by Crippen LogP contribution is -2.55. The maximum absolute atomic E-state index is 14.0. The largest absolute Gasteiger partial charge is 0.469 e. The number of aromatic nitrogens is 1. The molecule has 1 heterocycles. The zero-order valence-electron chi connectivity index (χ0n) is 23.3. The fourth-order valence-electron chi connectivity index (χ4n) is 4.22. The summed E-state index contributed by atoms with van der Waals surface area (Å²) >= 11 is 0. The lowest BCUT2D eigenvalue weighted by molar-refractivity contribution is -0.304. The molecule has 1 amide bonds. The molecule has 0 fully saturated rings. The number of halogens is 6. The van der Waals surface area contributed by atoms with Crippen LogP contribution >= 0.6 is 0 Å². The molecule has 0 aliphatic carbocycles. The van der Waals surface area contributed by atoms with Crippen LogP contribution in [0.5, 0.6) is 0 Å². The van der Waals surface area contributed by atoms with Gasteiger partial charge in [0.25, 0.3) is 5.91 Å². The van der Waals surface area contributed by atoms with Crippen LogP contribution in [0.25, 0.3) is 10.8 Å². The van der Waals surface area contributed by atoms with Gasteiger partial charge < -0.3 is 14.8 Å². The predicted molar refractivity (Wildman–Crippen MR) is 141 cm³/mol. The number of sulfone groups is 1. The van der Waals surface area contributed by atoms with Crippen LogP contribution in [-0.4, -0.2) is 62.3 Å². The van der Waals surface area contributed by atoms with Crippen molar-refractivity contribution in [2.75, 3.05) is 18.7 Å². The summed E-state index contributed by atoms with van der Waals surface area (Å²) in [7, 11) is -3.03. The number of nitrogens with one attached hydrogen (secondary N) is 1. The second-order valence-corrected chi connectivity index (χ2v) is 12.6. The van der Waals surface area contributed by atoms with Crippen LogP contribution in [0.4, 0.5) is 36.8 Å². The van der Waals surface area contributed by atoms with E-state index < -0.39 is 63.2 Å². The third-order valence-electron chi connectivity index (χ3n) is 6.26. The molecule has 234 valence electrons. The Labute approximate surface area is 241 Å². The maximum Gasteiger partial charge on any atom is 0.419 e. The Morgan fingerprint density at radius 3 is 1.93 bits per heavy atom. The van der Waals surface area contributed by atoms with Crippen LogP contribution in [0.2, 0.25) is 0 Å². The zero-order chi connectivity index (χ0) is 32.8. The number of nitrogens with zero attached hydrogens (tertiary/aromatic N) is 1. The number of hydrogen-bond acceptors (Lipinski definition) is 7. The standard InChI is InChI=1S/C27H26F6N2O7S/c1-24(2,3)42-23(38)35-14-15-12-18(43(5,39)40)10-11-19(15)21(35)22(37)34-17-8-6-16(7-9-17)25(26(28,29)30,27(31,32)33)13-20(36)41-4/h6-12,14H,13H2,1-5H3,(H,34,37). The molecule has 1 aromatic heterocycles. The van der Waals surface area contributed by atoms with Gasteiger partial charge in [0, 0.05) is 28.9 Å². The molecule has 0 saturated carbocycles. The summed E-state index contributed by atoms with van der Waals surface area (Å²) in [4.78, 5) is 37.8. The Bertz CT molecular complexity index is 1650. The van der Waals surface area contributed by atoms with E-state index in [0.717, 1.165) is 29.2 Å². The minimum Gasteiger partial charge on any atom is -0.469 e. The van der Waals surface area contributed by atoms with Crippen molar-refractivity contribution in [1.29, 1.82) is 0 Å². The number of fused-ring (bicyclic) bond motifs is 1. The molecule has 9 nitrogen and oxygen atoms in total. The van der Waals surface area contributed by atoms with Crippen molar-refractivity contribution in [2.24, 2.45) is 0 Å². The van der Waals surface area contributed by atoms with Crippen LogP contribution in [0.1, 0.15) is 43.2 Å². The molecular formula is C27H26F6N2O7S. The van der Waals surface area contributed by atoms with E-state index in [-0.39, 0.29) is 27.0 Å². The summed E-state index contributed by atoms with van der Waals surface area (Å²) in [6.45, 7) is 4.66. The summed E-state index contributed by atoms with van der Waals surface area (Å²) < 4.78 is 118. The Hall–Kier alpha value is -4.08. The Morgan fingerprint density at radius 1 is 0.907 bits per heavy atom. The van der Waals surface area contributed by atoms with E-state index in [0.29, 0.717) is 19.2 Å². The van der Waals surface area contributed by atoms with Crippen LogP contribution < -0.4 is 5.32 Å². The van der Waals surface area contributed by atoms with E-state index in [2.05, 4.69) is 10.1 Å². The molecule has 0 saturated heterocycles. The number of carbonyl (C=O) groups is 3. The normalized spacial score (nSPS) is 13.1. The van der Waals surface area contributed by atoms with E-state index in [9.17, 15) is 49.1 Å². The SMILES string of the molecule is COC(=O)CC(c1ccc(NC(=O)c2c3ccc(S(C)(=O)=O)cc3cn2C(=O)OC(C)(C)C)cc1)(C(F)(F)F)C(F)(F)F.